The van der Waals surface area contributed by atoms with Crippen LogP contribution in [-0.2, 0) is 11.2 Å². The Balaban J connectivity index is 2.87. The predicted molar refractivity (Wildman–Crippen MR) is 59.7 cm³/mol. The molecule has 0 amide bonds. The Hall–Kier alpha value is -1.24. The summed E-state index contributed by atoms with van der Waals surface area (Å²) < 4.78 is 53.2. The summed E-state index contributed by atoms with van der Waals surface area (Å²) in [6.45, 7) is 0. The number of hydrogen-bond acceptors (Lipinski definition) is 3. The number of carbonyl (C=O) groups is 1. The standard InChI is InChI=1S/C11H10F4O2S/c12-10(13)11(14,15)17-8-3-4-9(18)7(6-8)2-1-5-16/h3-6,10,18H,1-2H2. The van der Waals surface area contributed by atoms with Gasteiger partial charge in [0.15, 0.2) is 0 Å². The molecule has 100 valence electrons. The van der Waals surface area contributed by atoms with Gasteiger partial charge in [0.25, 0.3) is 0 Å². The zero-order valence-electron chi connectivity index (χ0n) is 9.08. The molecule has 0 bridgehead atoms. The van der Waals surface area contributed by atoms with E-state index in [-0.39, 0.29) is 18.6 Å². The van der Waals surface area contributed by atoms with E-state index in [4.69, 9.17) is 0 Å². The van der Waals surface area contributed by atoms with E-state index in [1.165, 1.54) is 12.1 Å². The van der Waals surface area contributed by atoms with Crippen LogP contribution in [0.25, 0.3) is 0 Å². The summed E-state index contributed by atoms with van der Waals surface area (Å²) in [7, 11) is 0. The van der Waals surface area contributed by atoms with Crippen LogP contribution in [0, 0.1) is 0 Å². The van der Waals surface area contributed by atoms with E-state index in [9.17, 15) is 22.4 Å². The van der Waals surface area contributed by atoms with Crippen LogP contribution >= 0.6 is 12.6 Å². The molecule has 0 aliphatic rings. The second kappa shape index (κ2) is 6.08. The molecule has 0 N–H and O–H groups in total. The first kappa shape index (κ1) is 14.8. The van der Waals surface area contributed by atoms with Crippen molar-refractivity contribution in [3.8, 4) is 5.75 Å². The number of carbonyl (C=O) groups excluding carboxylic acids is 1. The molecule has 1 aromatic rings. The van der Waals surface area contributed by atoms with E-state index < -0.39 is 12.5 Å². The van der Waals surface area contributed by atoms with Crippen LogP contribution in [0.5, 0.6) is 5.75 Å². The highest BCUT2D eigenvalue weighted by Gasteiger charge is 2.43. The van der Waals surface area contributed by atoms with Gasteiger partial charge in [-0.05, 0) is 30.2 Å². The maximum Gasteiger partial charge on any atom is 0.461 e. The second-order valence-corrected chi connectivity index (χ2v) is 3.94. The van der Waals surface area contributed by atoms with Crippen molar-refractivity contribution < 1.29 is 27.1 Å². The van der Waals surface area contributed by atoms with Crippen LogP contribution in [0.2, 0.25) is 0 Å². The minimum atomic E-state index is -4.54. The molecule has 0 atom stereocenters. The first-order chi connectivity index (χ1) is 8.36. The van der Waals surface area contributed by atoms with Crippen LogP contribution in [-0.4, -0.2) is 18.8 Å². The quantitative estimate of drug-likeness (QED) is 0.492. The predicted octanol–water partition coefficient (Wildman–Crippen LogP) is 3.34. The van der Waals surface area contributed by atoms with Gasteiger partial charge < -0.3 is 9.53 Å². The Morgan fingerprint density at radius 2 is 2.06 bits per heavy atom. The van der Waals surface area contributed by atoms with E-state index in [1.54, 1.807) is 0 Å². The highest BCUT2D eigenvalue weighted by atomic mass is 32.1. The molecule has 0 aliphatic carbocycles. The highest BCUT2D eigenvalue weighted by molar-refractivity contribution is 7.80. The average Bonchev–Trinajstić information content (AvgIpc) is 2.29. The molecule has 1 aromatic carbocycles. The van der Waals surface area contributed by atoms with E-state index >= 15 is 0 Å². The number of ether oxygens (including phenoxy) is 1. The topological polar surface area (TPSA) is 26.3 Å². The van der Waals surface area contributed by atoms with Gasteiger partial charge in [0, 0.05) is 11.3 Å². The number of aryl methyl sites for hydroxylation is 1. The number of alkyl halides is 4. The summed E-state index contributed by atoms with van der Waals surface area (Å²) in [5.41, 5.74) is 0.480. The third-order valence-electron chi connectivity index (χ3n) is 2.09. The van der Waals surface area contributed by atoms with Crippen molar-refractivity contribution in [1.29, 1.82) is 0 Å². The molecule has 18 heavy (non-hydrogen) atoms. The lowest BCUT2D eigenvalue weighted by Crippen LogP contribution is -2.33. The first-order valence-electron chi connectivity index (χ1n) is 4.97. The zero-order valence-corrected chi connectivity index (χ0v) is 9.97. The fourth-order valence-electron chi connectivity index (χ4n) is 1.24. The van der Waals surface area contributed by atoms with Crippen molar-refractivity contribution in [3.63, 3.8) is 0 Å². The minimum absolute atomic E-state index is 0.183. The maximum absolute atomic E-state index is 12.7. The molecule has 0 unspecified atom stereocenters. The Labute approximate surface area is 106 Å². The van der Waals surface area contributed by atoms with E-state index in [0.29, 0.717) is 16.7 Å². The van der Waals surface area contributed by atoms with E-state index in [2.05, 4.69) is 17.4 Å². The van der Waals surface area contributed by atoms with Crippen LogP contribution in [0.1, 0.15) is 12.0 Å². The second-order valence-electron chi connectivity index (χ2n) is 3.46. The fourth-order valence-corrected chi connectivity index (χ4v) is 1.49. The van der Waals surface area contributed by atoms with Gasteiger partial charge in [0.1, 0.15) is 12.0 Å². The number of thiol groups is 1. The number of rotatable bonds is 6. The molecule has 0 saturated heterocycles. The molecule has 0 aliphatic heterocycles. The van der Waals surface area contributed by atoms with Gasteiger partial charge in [-0.3, -0.25) is 0 Å². The summed E-state index contributed by atoms with van der Waals surface area (Å²) in [4.78, 5) is 10.7. The summed E-state index contributed by atoms with van der Waals surface area (Å²) in [6, 6.07) is 3.63. The summed E-state index contributed by atoms with van der Waals surface area (Å²) in [5.74, 6) is -0.390. The number of halogens is 4. The molecule has 0 aromatic heterocycles. The van der Waals surface area contributed by atoms with Gasteiger partial charge in [-0.2, -0.15) is 17.6 Å². The third-order valence-corrected chi connectivity index (χ3v) is 2.53. The summed E-state index contributed by atoms with van der Waals surface area (Å²) in [5, 5.41) is 0. The molecule has 0 heterocycles. The Bertz CT molecular complexity index is 424. The van der Waals surface area contributed by atoms with Crippen LogP contribution in [0.4, 0.5) is 17.6 Å². The van der Waals surface area contributed by atoms with Gasteiger partial charge in [0.05, 0.1) is 0 Å². The number of aldehydes is 1. The van der Waals surface area contributed by atoms with Gasteiger partial charge in [-0.15, -0.1) is 12.6 Å². The molecule has 0 spiro atoms. The molecule has 1 rings (SSSR count). The van der Waals surface area contributed by atoms with Crippen molar-refractivity contribution in [2.24, 2.45) is 0 Å². The third kappa shape index (κ3) is 3.90. The lowest BCUT2D eigenvalue weighted by atomic mass is 10.1. The largest absolute Gasteiger partial charge is 0.461 e. The van der Waals surface area contributed by atoms with E-state index in [1.807, 2.05) is 0 Å². The Morgan fingerprint density at radius 1 is 1.39 bits per heavy atom. The average molecular weight is 282 g/mol. The molecule has 0 radical (unpaired) electrons. The zero-order chi connectivity index (χ0) is 13.8. The van der Waals surface area contributed by atoms with Gasteiger partial charge in [-0.1, -0.05) is 0 Å². The monoisotopic (exact) mass is 282 g/mol. The molecule has 0 saturated carbocycles. The maximum atomic E-state index is 12.7. The summed E-state index contributed by atoms with van der Waals surface area (Å²) in [6.07, 6.45) is -7.33. The fraction of sp³-hybridized carbons (Fsp3) is 0.364. The first-order valence-corrected chi connectivity index (χ1v) is 5.42. The lowest BCUT2D eigenvalue weighted by molar-refractivity contribution is -0.253. The van der Waals surface area contributed by atoms with Gasteiger partial charge in [-0.25, -0.2) is 0 Å². The van der Waals surface area contributed by atoms with Crippen LogP contribution in [0.15, 0.2) is 23.1 Å². The molecule has 7 heteroatoms. The van der Waals surface area contributed by atoms with Crippen molar-refractivity contribution >= 4 is 18.9 Å². The van der Waals surface area contributed by atoms with Crippen LogP contribution < -0.4 is 4.74 Å². The smallest absolute Gasteiger partial charge is 0.428 e. The number of hydrogen-bond donors (Lipinski definition) is 1. The molecule has 2 nitrogen and oxygen atoms in total. The Kier molecular flexibility index (Phi) is 5.01. The van der Waals surface area contributed by atoms with Crippen molar-refractivity contribution in [2.45, 2.75) is 30.3 Å². The van der Waals surface area contributed by atoms with Crippen molar-refractivity contribution in [1.82, 2.24) is 0 Å². The SMILES string of the molecule is O=CCCc1cc(OC(F)(F)C(F)F)ccc1S. The van der Waals surface area contributed by atoms with E-state index in [0.717, 1.165) is 6.07 Å². The normalized spacial score (nSPS) is 11.7. The van der Waals surface area contributed by atoms with Gasteiger partial charge >= 0.3 is 12.5 Å². The minimum Gasteiger partial charge on any atom is -0.428 e. The lowest BCUT2D eigenvalue weighted by Gasteiger charge is -2.17. The summed E-state index contributed by atoms with van der Waals surface area (Å²) >= 11 is 4.06. The highest BCUT2D eigenvalue weighted by Crippen LogP contribution is 2.29. The molecular weight excluding hydrogens is 272 g/mol. The van der Waals surface area contributed by atoms with Gasteiger partial charge in [0.2, 0.25) is 0 Å². The van der Waals surface area contributed by atoms with Crippen molar-refractivity contribution in [2.75, 3.05) is 0 Å². The number of benzene rings is 1. The Morgan fingerprint density at radius 3 is 2.61 bits per heavy atom. The molecule has 0 fully saturated rings. The molecular formula is C11H10F4O2S. The van der Waals surface area contributed by atoms with Crippen molar-refractivity contribution in [3.05, 3.63) is 23.8 Å². The van der Waals surface area contributed by atoms with Crippen LogP contribution in [0.3, 0.4) is 0 Å².